The summed E-state index contributed by atoms with van der Waals surface area (Å²) in [5, 5.41) is 0.741. The zero-order chi connectivity index (χ0) is 22.4. The number of aromatic nitrogens is 1. The highest BCUT2D eigenvalue weighted by atomic mass is 32.1. The van der Waals surface area contributed by atoms with Gasteiger partial charge in [-0.3, -0.25) is 9.69 Å². The number of carbonyl (C=O) groups is 1. The number of fused-ring (bicyclic) bond motifs is 1. The van der Waals surface area contributed by atoms with E-state index in [1.807, 2.05) is 38.4 Å². The molecule has 0 saturated heterocycles. The Balaban J connectivity index is 1.88. The van der Waals surface area contributed by atoms with Gasteiger partial charge in [0.2, 0.25) is 0 Å². The van der Waals surface area contributed by atoms with E-state index in [0.29, 0.717) is 18.7 Å². The van der Waals surface area contributed by atoms with Crippen LogP contribution in [0.5, 0.6) is 5.75 Å². The lowest BCUT2D eigenvalue weighted by molar-refractivity contribution is 0.0984. The second kappa shape index (κ2) is 10.7. The van der Waals surface area contributed by atoms with Gasteiger partial charge in [-0.2, -0.15) is 0 Å². The van der Waals surface area contributed by atoms with Crippen molar-refractivity contribution in [3.63, 3.8) is 0 Å². The van der Waals surface area contributed by atoms with Crippen molar-refractivity contribution in [2.75, 3.05) is 38.7 Å². The molecule has 6 heteroatoms. The number of thiazole rings is 1. The Kier molecular flexibility index (Phi) is 8.04. The lowest BCUT2D eigenvalue weighted by Gasteiger charge is -2.22. The van der Waals surface area contributed by atoms with Crippen molar-refractivity contribution in [2.45, 2.75) is 40.0 Å². The number of anilines is 1. The number of amides is 1. The first kappa shape index (κ1) is 23.2. The predicted molar refractivity (Wildman–Crippen MR) is 131 cm³/mol. The largest absolute Gasteiger partial charge is 0.494 e. The van der Waals surface area contributed by atoms with E-state index in [2.05, 4.69) is 37.8 Å². The van der Waals surface area contributed by atoms with Gasteiger partial charge in [0, 0.05) is 18.7 Å². The molecule has 0 aliphatic carbocycles. The molecule has 0 atom stereocenters. The average molecular weight is 440 g/mol. The molecule has 5 nitrogen and oxygen atoms in total. The fourth-order valence-corrected chi connectivity index (χ4v) is 4.64. The Morgan fingerprint density at radius 1 is 1.10 bits per heavy atom. The minimum atomic E-state index is -0.0470. The van der Waals surface area contributed by atoms with Gasteiger partial charge in [-0.1, -0.05) is 43.2 Å². The van der Waals surface area contributed by atoms with E-state index in [4.69, 9.17) is 9.72 Å². The first-order chi connectivity index (χ1) is 14.9. The van der Waals surface area contributed by atoms with Crippen molar-refractivity contribution in [3.8, 4) is 5.75 Å². The molecule has 3 aromatic rings. The normalized spacial score (nSPS) is 11.3. The monoisotopic (exact) mass is 439 g/mol. The Morgan fingerprint density at radius 2 is 1.90 bits per heavy atom. The van der Waals surface area contributed by atoms with Crippen LogP contribution in [0.4, 0.5) is 5.13 Å². The Bertz CT molecular complexity index is 1030. The summed E-state index contributed by atoms with van der Waals surface area (Å²) in [6.07, 6.45) is 3.32. The van der Waals surface area contributed by atoms with Crippen LogP contribution < -0.4 is 9.64 Å². The van der Waals surface area contributed by atoms with Crippen LogP contribution in [0.3, 0.4) is 0 Å². The number of hydrogen-bond acceptors (Lipinski definition) is 5. The number of benzene rings is 2. The molecule has 0 unspecified atom stereocenters. The molecule has 0 saturated carbocycles. The quantitative estimate of drug-likeness (QED) is 0.381. The van der Waals surface area contributed by atoms with E-state index in [-0.39, 0.29) is 5.91 Å². The second-order valence-corrected chi connectivity index (χ2v) is 9.28. The van der Waals surface area contributed by atoms with Crippen LogP contribution in [0.1, 0.15) is 47.7 Å². The summed E-state index contributed by atoms with van der Waals surface area (Å²) in [5.41, 5.74) is 3.94. The first-order valence-corrected chi connectivity index (χ1v) is 11.8. The van der Waals surface area contributed by atoms with Gasteiger partial charge in [0.05, 0.1) is 16.8 Å². The van der Waals surface area contributed by atoms with E-state index in [9.17, 15) is 4.79 Å². The number of carbonyl (C=O) groups excluding carboxylic acids is 1. The third-order valence-electron chi connectivity index (χ3n) is 5.16. The number of unbranched alkanes of at least 4 members (excludes halogenated alkanes) is 2. The summed E-state index contributed by atoms with van der Waals surface area (Å²) < 4.78 is 6.98. The standard InChI is InChI=1S/C25H33N3O2S/c1-6-7-8-14-30-21-11-9-10-20(17-21)24(29)28(13-12-27(4)5)25-26-23-19(3)15-18(2)16-22(23)31-25/h9-11,15-17H,6-8,12-14H2,1-5H3. The molecule has 0 bridgehead atoms. The van der Waals surface area contributed by atoms with Gasteiger partial charge in [-0.05, 0) is 69.8 Å². The summed E-state index contributed by atoms with van der Waals surface area (Å²) in [6.45, 7) is 8.34. The van der Waals surface area contributed by atoms with Crippen LogP contribution in [0.25, 0.3) is 10.2 Å². The van der Waals surface area contributed by atoms with Gasteiger partial charge in [-0.15, -0.1) is 0 Å². The molecule has 3 rings (SSSR count). The highest BCUT2D eigenvalue weighted by molar-refractivity contribution is 7.22. The minimum Gasteiger partial charge on any atom is -0.494 e. The van der Waals surface area contributed by atoms with Gasteiger partial charge in [-0.25, -0.2) is 4.98 Å². The fraction of sp³-hybridized carbons (Fsp3) is 0.440. The summed E-state index contributed by atoms with van der Waals surface area (Å²) in [7, 11) is 4.03. The highest BCUT2D eigenvalue weighted by Gasteiger charge is 2.22. The van der Waals surface area contributed by atoms with Crippen molar-refractivity contribution in [2.24, 2.45) is 0 Å². The minimum absolute atomic E-state index is 0.0470. The summed E-state index contributed by atoms with van der Waals surface area (Å²) >= 11 is 1.58. The van der Waals surface area contributed by atoms with E-state index < -0.39 is 0 Å². The van der Waals surface area contributed by atoms with Crippen LogP contribution in [-0.2, 0) is 0 Å². The number of hydrogen-bond donors (Lipinski definition) is 0. The van der Waals surface area contributed by atoms with Crippen LogP contribution in [0.15, 0.2) is 36.4 Å². The van der Waals surface area contributed by atoms with Crippen molar-refractivity contribution in [1.29, 1.82) is 0 Å². The molecule has 0 radical (unpaired) electrons. The van der Waals surface area contributed by atoms with Crippen LogP contribution in [0, 0.1) is 13.8 Å². The molecule has 2 aromatic carbocycles. The van der Waals surface area contributed by atoms with Gasteiger partial charge in [0.25, 0.3) is 5.91 Å². The molecule has 166 valence electrons. The second-order valence-electron chi connectivity index (χ2n) is 8.27. The number of nitrogens with zero attached hydrogens (tertiary/aromatic N) is 3. The van der Waals surface area contributed by atoms with E-state index in [0.717, 1.165) is 52.5 Å². The molecule has 0 aliphatic heterocycles. The molecule has 0 spiro atoms. The Morgan fingerprint density at radius 3 is 2.65 bits per heavy atom. The molecule has 1 amide bonds. The van der Waals surface area contributed by atoms with Gasteiger partial charge in [0.1, 0.15) is 5.75 Å². The lowest BCUT2D eigenvalue weighted by Crippen LogP contribution is -2.36. The van der Waals surface area contributed by atoms with E-state index >= 15 is 0 Å². The van der Waals surface area contributed by atoms with Gasteiger partial charge < -0.3 is 9.64 Å². The fourth-order valence-electron chi connectivity index (χ4n) is 3.48. The van der Waals surface area contributed by atoms with E-state index in [1.54, 1.807) is 16.2 Å². The van der Waals surface area contributed by atoms with Gasteiger partial charge in [0.15, 0.2) is 5.13 Å². The molecule has 1 aromatic heterocycles. The third kappa shape index (κ3) is 6.05. The van der Waals surface area contributed by atoms with Crippen molar-refractivity contribution in [1.82, 2.24) is 9.88 Å². The lowest BCUT2D eigenvalue weighted by atomic mass is 10.1. The average Bonchev–Trinajstić information content (AvgIpc) is 3.15. The third-order valence-corrected chi connectivity index (χ3v) is 6.19. The Labute approximate surface area is 189 Å². The number of aryl methyl sites for hydroxylation is 2. The number of ether oxygens (including phenoxy) is 1. The molecular weight excluding hydrogens is 406 g/mol. The first-order valence-electron chi connectivity index (χ1n) is 11.0. The maximum absolute atomic E-state index is 13.5. The Hall–Kier alpha value is -2.44. The zero-order valence-corrected chi connectivity index (χ0v) is 20.1. The number of likely N-dealkylation sites (N-methyl/N-ethyl adjacent to an activating group) is 1. The molecule has 0 N–H and O–H groups in total. The smallest absolute Gasteiger partial charge is 0.260 e. The van der Waals surface area contributed by atoms with E-state index in [1.165, 1.54) is 5.56 Å². The van der Waals surface area contributed by atoms with Crippen molar-refractivity contribution in [3.05, 3.63) is 53.1 Å². The molecule has 0 aliphatic rings. The topological polar surface area (TPSA) is 45.7 Å². The maximum Gasteiger partial charge on any atom is 0.260 e. The summed E-state index contributed by atoms with van der Waals surface area (Å²) in [5.74, 6) is 0.694. The highest BCUT2D eigenvalue weighted by Crippen LogP contribution is 2.32. The SMILES string of the molecule is CCCCCOc1cccc(C(=O)N(CCN(C)C)c2nc3c(C)cc(C)cc3s2)c1. The molecule has 1 heterocycles. The molecular formula is C25H33N3O2S. The maximum atomic E-state index is 13.5. The summed E-state index contributed by atoms with van der Waals surface area (Å²) in [4.78, 5) is 22.3. The van der Waals surface area contributed by atoms with Crippen molar-refractivity contribution >= 4 is 32.6 Å². The van der Waals surface area contributed by atoms with Gasteiger partial charge >= 0.3 is 0 Å². The van der Waals surface area contributed by atoms with Crippen LogP contribution >= 0.6 is 11.3 Å². The number of rotatable bonds is 10. The van der Waals surface area contributed by atoms with Crippen LogP contribution in [-0.4, -0.2) is 49.6 Å². The molecule has 0 fully saturated rings. The predicted octanol–water partition coefficient (Wildman–Crippen LogP) is 5.69. The molecule has 31 heavy (non-hydrogen) atoms. The van der Waals surface area contributed by atoms with Crippen LogP contribution in [0.2, 0.25) is 0 Å². The van der Waals surface area contributed by atoms with Crippen molar-refractivity contribution < 1.29 is 9.53 Å². The summed E-state index contributed by atoms with van der Waals surface area (Å²) in [6, 6.07) is 11.8. The zero-order valence-electron chi connectivity index (χ0n) is 19.3.